The van der Waals surface area contributed by atoms with E-state index in [4.69, 9.17) is 9.26 Å². The highest BCUT2D eigenvalue weighted by Gasteiger charge is 2.24. The molecule has 0 N–H and O–H groups in total. The number of nitrogens with zero attached hydrogens (tertiary/aromatic N) is 4. The molecule has 0 saturated heterocycles. The molecule has 3 rings (SSSR count). The summed E-state index contributed by atoms with van der Waals surface area (Å²) < 4.78 is 10.1. The predicted octanol–water partition coefficient (Wildman–Crippen LogP) is 3.23. The normalized spacial score (nSPS) is 10.4. The molecule has 2 aromatic carbocycles. The third kappa shape index (κ3) is 3.13. The molecule has 0 saturated carbocycles. The zero-order valence-corrected chi connectivity index (χ0v) is 12.8. The van der Waals surface area contributed by atoms with Crippen molar-refractivity contribution in [3.8, 4) is 28.6 Å². The molecular weight excluding hydrogens is 332 g/mol. The first-order valence-electron chi connectivity index (χ1n) is 6.91. The van der Waals surface area contributed by atoms with Crippen LogP contribution >= 0.6 is 0 Å². The van der Waals surface area contributed by atoms with Crippen molar-refractivity contribution in [2.75, 3.05) is 7.11 Å². The number of ether oxygens (including phenoxy) is 1. The van der Waals surface area contributed by atoms with Crippen LogP contribution in [-0.2, 0) is 0 Å². The molecular formula is C15H10N4O6. The summed E-state index contributed by atoms with van der Waals surface area (Å²) in [5.41, 5.74) is -0.257. The Morgan fingerprint density at radius 3 is 2.36 bits per heavy atom. The first-order chi connectivity index (χ1) is 12.0. The number of rotatable bonds is 5. The lowest BCUT2D eigenvalue weighted by Crippen LogP contribution is -1.95. The maximum atomic E-state index is 11.2. The van der Waals surface area contributed by atoms with E-state index in [0.29, 0.717) is 11.3 Å². The molecule has 0 amide bonds. The van der Waals surface area contributed by atoms with E-state index in [9.17, 15) is 20.2 Å². The van der Waals surface area contributed by atoms with Gasteiger partial charge in [-0.3, -0.25) is 20.2 Å². The summed E-state index contributed by atoms with van der Waals surface area (Å²) in [4.78, 5) is 24.7. The Hall–Kier alpha value is -3.82. The Bertz CT molecular complexity index is 951. The van der Waals surface area contributed by atoms with Crippen molar-refractivity contribution < 1.29 is 19.1 Å². The van der Waals surface area contributed by atoms with E-state index < -0.39 is 21.2 Å². The van der Waals surface area contributed by atoms with Crippen LogP contribution in [0.2, 0.25) is 0 Å². The van der Waals surface area contributed by atoms with E-state index in [0.717, 1.165) is 12.1 Å². The Balaban J connectivity index is 2.01. The van der Waals surface area contributed by atoms with Gasteiger partial charge in [-0.25, -0.2) is 0 Å². The standard InChI is InChI=1S/C15H10N4O6/c1-24-11-5-2-9(3-6-11)14-16-15(25-17-14)12-7-4-10(18(20)21)8-13(12)19(22)23/h2-8H,1H3. The van der Waals surface area contributed by atoms with Gasteiger partial charge < -0.3 is 9.26 Å². The molecule has 0 atom stereocenters. The smallest absolute Gasteiger partial charge is 0.289 e. The van der Waals surface area contributed by atoms with Crippen LogP contribution in [0.25, 0.3) is 22.8 Å². The number of non-ortho nitro benzene ring substituents is 1. The fourth-order valence-corrected chi connectivity index (χ4v) is 2.16. The lowest BCUT2D eigenvalue weighted by molar-refractivity contribution is -0.393. The second-order valence-electron chi connectivity index (χ2n) is 4.87. The number of nitro benzene ring substituents is 2. The molecule has 0 aliphatic carbocycles. The summed E-state index contributed by atoms with van der Waals surface area (Å²) in [5.74, 6) is 0.774. The van der Waals surface area contributed by atoms with Gasteiger partial charge in [-0.15, -0.1) is 0 Å². The fourth-order valence-electron chi connectivity index (χ4n) is 2.16. The van der Waals surface area contributed by atoms with E-state index in [1.54, 1.807) is 24.3 Å². The molecule has 0 spiro atoms. The number of hydrogen-bond acceptors (Lipinski definition) is 8. The molecule has 10 heteroatoms. The second-order valence-corrected chi connectivity index (χ2v) is 4.87. The highest BCUT2D eigenvalue weighted by Crippen LogP contribution is 2.33. The minimum absolute atomic E-state index is 0.00265. The van der Waals surface area contributed by atoms with Crippen LogP contribution < -0.4 is 4.74 Å². The molecule has 0 bridgehead atoms. The van der Waals surface area contributed by atoms with Crippen LogP contribution in [0.3, 0.4) is 0 Å². The third-order valence-electron chi connectivity index (χ3n) is 3.39. The third-order valence-corrected chi connectivity index (χ3v) is 3.39. The molecule has 25 heavy (non-hydrogen) atoms. The highest BCUT2D eigenvalue weighted by molar-refractivity contribution is 5.70. The Morgan fingerprint density at radius 1 is 1.04 bits per heavy atom. The van der Waals surface area contributed by atoms with Gasteiger partial charge in [-0.2, -0.15) is 4.98 Å². The first kappa shape index (κ1) is 16.1. The van der Waals surface area contributed by atoms with Crippen molar-refractivity contribution in [3.05, 3.63) is 62.7 Å². The Kier molecular flexibility index (Phi) is 4.08. The molecule has 0 aliphatic rings. The second kappa shape index (κ2) is 6.35. The van der Waals surface area contributed by atoms with Crippen molar-refractivity contribution >= 4 is 11.4 Å². The van der Waals surface area contributed by atoms with Gasteiger partial charge in [0.2, 0.25) is 5.82 Å². The minimum atomic E-state index is -0.737. The van der Waals surface area contributed by atoms with Crippen LogP contribution in [0.4, 0.5) is 11.4 Å². The molecule has 3 aromatic rings. The first-order valence-corrected chi connectivity index (χ1v) is 6.91. The summed E-state index contributed by atoms with van der Waals surface area (Å²) in [6.45, 7) is 0. The SMILES string of the molecule is COc1ccc(-c2noc(-c3ccc([N+](=O)[O-])cc3[N+](=O)[O-])n2)cc1. The molecule has 126 valence electrons. The lowest BCUT2D eigenvalue weighted by Gasteiger charge is -1.99. The number of nitro groups is 2. The monoisotopic (exact) mass is 342 g/mol. The zero-order valence-electron chi connectivity index (χ0n) is 12.8. The predicted molar refractivity (Wildman–Crippen MR) is 85.0 cm³/mol. The van der Waals surface area contributed by atoms with Gasteiger partial charge >= 0.3 is 0 Å². The number of benzene rings is 2. The van der Waals surface area contributed by atoms with Crippen LogP contribution in [-0.4, -0.2) is 27.1 Å². The summed E-state index contributed by atoms with van der Waals surface area (Å²) in [7, 11) is 1.54. The molecule has 0 aliphatic heterocycles. The van der Waals surface area contributed by atoms with Crippen molar-refractivity contribution in [1.29, 1.82) is 0 Å². The van der Waals surface area contributed by atoms with Gasteiger partial charge in [-0.1, -0.05) is 5.16 Å². The van der Waals surface area contributed by atoms with Crippen molar-refractivity contribution in [2.45, 2.75) is 0 Å². The summed E-state index contributed by atoms with van der Waals surface area (Å²) in [6, 6.07) is 10.0. The van der Waals surface area contributed by atoms with E-state index in [2.05, 4.69) is 10.1 Å². The molecule has 10 nitrogen and oxygen atoms in total. The molecule has 1 heterocycles. The number of aromatic nitrogens is 2. The largest absolute Gasteiger partial charge is 0.497 e. The maximum Gasteiger partial charge on any atom is 0.289 e. The Morgan fingerprint density at radius 2 is 1.76 bits per heavy atom. The van der Waals surface area contributed by atoms with Crippen molar-refractivity contribution in [3.63, 3.8) is 0 Å². The van der Waals surface area contributed by atoms with Gasteiger partial charge in [0.15, 0.2) is 0 Å². The van der Waals surface area contributed by atoms with E-state index in [1.165, 1.54) is 13.2 Å². The van der Waals surface area contributed by atoms with Crippen molar-refractivity contribution in [1.82, 2.24) is 10.1 Å². The molecule has 1 aromatic heterocycles. The van der Waals surface area contributed by atoms with E-state index in [1.807, 2.05) is 0 Å². The quantitative estimate of drug-likeness (QED) is 0.509. The van der Waals surface area contributed by atoms with Gasteiger partial charge in [-0.05, 0) is 30.3 Å². The van der Waals surface area contributed by atoms with E-state index >= 15 is 0 Å². The van der Waals surface area contributed by atoms with Gasteiger partial charge in [0, 0.05) is 11.6 Å². The van der Waals surface area contributed by atoms with Gasteiger partial charge in [0.05, 0.1) is 23.0 Å². The van der Waals surface area contributed by atoms with Gasteiger partial charge in [0.25, 0.3) is 17.3 Å². The van der Waals surface area contributed by atoms with Gasteiger partial charge in [0.1, 0.15) is 11.3 Å². The molecule has 0 fully saturated rings. The van der Waals surface area contributed by atoms with Crippen LogP contribution in [0.15, 0.2) is 47.0 Å². The lowest BCUT2D eigenvalue weighted by atomic mass is 10.1. The average Bonchev–Trinajstić information content (AvgIpc) is 3.11. The van der Waals surface area contributed by atoms with Crippen LogP contribution in [0.1, 0.15) is 0 Å². The number of methoxy groups -OCH3 is 1. The Labute approximate surface area is 140 Å². The molecule has 0 unspecified atom stereocenters. The topological polar surface area (TPSA) is 134 Å². The molecule has 0 radical (unpaired) electrons. The van der Waals surface area contributed by atoms with Crippen LogP contribution in [0, 0.1) is 20.2 Å². The average molecular weight is 342 g/mol. The van der Waals surface area contributed by atoms with Crippen LogP contribution in [0.5, 0.6) is 5.75 Å². The van der Waals surface area contributed by atoms with Crippen molar-refractivity contribution in [2.24, 2.45) is 0 Å². The summed E-state index contributed by atoms with van der Waals surface area (Å²) in [5, 5.41) is 25.8. The number of hydrogen-bond donors (Lipinski definition) is 0. The van der Waals surface area contributed by atoms with E-state index in [-0.39, 0.29) is 17.3 Å². The highest BCUT2D eigenvalue weighted by atomic mass is 16.6. The maximum absolute atomic E-state index is 11.2. The summed E-state index contributed by atoms with van der Waals surface area (Å²) in [6.07, 6.45) is 0. The zero-order chi connectivity index (χ0) is 18.0. The minimum Gasteiger partial charge on any atom is -0.497 e. The summed E-state index contributed by atoms with van der Waals surface area (Å²) >= 11 is 0. The fraction of sp³-hybridized carbons (Fsp3) is 0.0667.